The Morgan fingerprint density at radius 1 is 1.17 bits per heavy atom. The zero-order valence-corrected chi connectivity index (χ0v) is 21.3. The smallest absolute Gasteiger partial charge is 0.407 e. The Hall–Kier alpha value is -3.76. The summed E-state index contributed by atoms with van der Waals surface area (Å²) in [6.07, 6.45) is -0.325. The van der Waals surface area contributed by atoms with Gasteiger partial charge in [0.05, 0.1) is 17.3 Å². The maximum atomic E-state index is 15.6. The molecule has 0 fully saturated rings. The lowest BCUT2D eigenvalue weighted by molar-refractivity contribution is 0.0102. The van der Waals surface area contributed by atoms with Crippen LogP contribution in [-0.4, -0.2) is 25.3 Å². The number of nitrogens with one attached hydrogen (secondary N) is 2. The Morgan fingerprint density at radius 3 is 2.53 bits per heavy atom. The van der Waals surface area contributed by atoms with Crippen LogP contribution in [-0.2, 0) is 16.8 Å². The molecule has 0 aliphatic carbocycles. The first-order valence-corrected chi connectivity index (χ1v) is 11.9. The van der Waals surface area contributed by atoms with E-state index >= 15 is 4.39 Å². The molecule has 0 spiro atoms. The molecule has 8 heteroatoms. The van der Waals surface area contributed by atoms with Gasteiger partial charge in [-0.2, -0.15) is 5.26 Å². The summed E-state index contributed by atoms with van der Waals surface area (Å²) in [6.45, 7) is 5.49. The summed E-state index contributed by atoms with van der Waals surface area (Å²) in [5, 5.41) is 15.6. The van der Waals surface area contributed by atoms with E-state index in [0.29, 0.717) is 16.9 Å². The van der Waals surface area contributed by atoms with Crippen LogP contribution in [0.3, 0.4) is 0 Å². The van der Waals surface area contributed by atoms with Crippen molar-refractivity contribution in [2.24, 2.45) is 0 Å². The quantitative estimate of drug-likeness (QED) is 0.416. The van der Waals surface area contributed by atoms with Crippen LogP contribution in [0.2, 0.25) is 5.02 Å². The fraction of sp³-hybridized carbons (Fsp3) is 0.286. The van der Waals surface area contributed by atoms with E-state index in [0.717, 1.165) is 5.56 Å². The second-order valence-corrected chi connectivity index (χ2v) is 10.1. The van der Waals surface area contributed by atoms with Gasteiger partial charge in [-0.1, -0.05) is 41.9 Å². The van der Waals surface area contributed by atoms with Crippen LogP contribution >= 0.6 is 11.6 Å². The fourth-order valence-electron chi connectivity index (χ4n) is 4.37. The van der Waals surface area contributed by atoms with Crippen molar-refractivity contribution in [3.63, 3.8) is 0 Å². The van der Waals surface area contributed by atoms with Gasteiger partial charge in [-0.05, 0) is 50.6 Å². The lowest BCUT2D eigenvalue weighted by Gasteiger charge is -2.30. The number of amides is 1. The average Bonchev–Trinajstić information content (AvgIpc) is 3.23. The highest BCUT2D eigenvalue weighted by Crippen LogP contribution is 2.49. The monoisotopic (exact) mass is 507 g/mol. The normalized spacial score (nSPS) is 16.5. The second kappa shape index (κ2) is 9.71. The highest BCUT2D eigenvalue weighted by Gasteiger charge is 2.44. The van der Waals surface area contributed by atoms with Gasteiger partial charge in [-0.15, -0.1) is 0 Å². The van der Waals surface area contributed by atoms with E-state index in [9.17, 15) is 10.1 Å². The third-order valence-electron chi connectivity index (χ3n) is 5.98. The first-order valence-electron chi connectivity index (χ1n) is 11.5. The topological polar surface area (TPSA) is 83.4 Å². The van der Waals surface area contributed by atoms with Crippen molar-refractivity contribution < 1.29 is 18.7 Å². The minimum absolute atomic E-state index is 0.0885. The SMILES string of the molecule is CNc1ccc(C#N)c(-c2c(Cl)ccc3c2CC(COC(=O)NC(C)(C)C)(c2ccccc2)O3)c1F. The molecular weight excluding hydrogens is 481 g/mol. The van der Waals surface area contributed by atoms with Crippen molar-refractivity contribution >= 4 is 23.4 Å². The Kier molecular flexibility index (Phi) is 6.83. The number of rotatable bonds is 5. The molecule has 1 unspecified atom stereocenters. The number of ether oxygens (including phenoxy) is 2. The maximum Gasteiger partial charge on any atom is 0.407 e. The van der Waals surface area contributed by atoms with Crippen molar-refractivity contribution in [2.75, 3.05) is 19.0 Å². The van der Waals surface area contributed by atoms with Crippen molar-refractivity contribution in [2.45, 2.75) is 38.3 Å². The number of carbonyl (C=O) groups excluding carboxylic acids is 1. The van der Waals surface area contributed by atoms with Gasteiger partial charge in [0, 0.05) is 40.7 Å². The molecule has 186 valence electrons. The number of carbonyl (C=O) groups is 1. The number of anilines is 1. The Labute approximate surface area is 215 Å². The molecule has 3 aromatic carbocycles. The summed E-state index contributed by atoms with van der Waals surface area (Å²) < 4.78 is 27.7. The molecule has 1 amide bonds. The van der Waals surface area contributed by atoms with E-state index in [1.165, 1.54) is 6.07 Å². The van der Waals surface area contributed by atoms with Crippen LogP contribution in [0, 0.1) is 17.1 Å². The van der Waals surface area contributed by atoms with Crippen molar-refractivity contribution in [1.82, 2.24) is 5.32 Å². The lowest BCUT2D eigenvalue weighted by atomic mass is 9.86. The fourth-order valence-corrected chi connectivity index (χ4v) is 4.64. The van der Waals surface area contributed by atoms with Gasteiger partial charge in [0.25, 0.3) is 0 Å². The van der Waals surface area contributed by atoms with Crippen molar-refractivity contribution in [3.05, 3.63) is 82.1 Å². The number of nitrogens with zero attached hydrogens (tertiary/aromatic N) is 1. The Bertz CT molecular complexity index is 1350. The zero-order valence-electron chi connectivity index (χ0n) is 20.5. The van der Waals surface area contributed by atoms with Gasteiger partial charge in [0.15, 0.2) is 11.4 Å². The van der Waals surface area contributed by atoms with Crippen molar-refractivity contribution in [1.29, 1.82) is 5.26 Å². The molecule has 0 saturated carbocycles. The van der Waals surface area contributed by atoms with Crippen LogP contribution in [0.15, 0.2) is 54.6 Å². The molecule has 36 heavy (non-hydrogen) atoms. The number of hydrogen-bond acceptors (Lipinski definition) is 5. The number of hydrogen-bond donors (Lipinski definition) is 2. The minimum Gasteiger partial charge on any atom is -0.478 e. The number of fused-ring (bicyclic) bond motifs is 1. The maximum absolute atomic E-state index is 15.6. The molecule has 0 aromatic heterocycles. The van der Waals surface area contributed by atoms with E-state index in [4.69, 9.17) is 21.1 Å². The molecule has 1 aliphatic rings. The van der Waals surface area contributed by atoms with Gasteiger partial charge in [-0.3, -0.25) is 0 Å². The highest BCUT2D eigenvalue weighted by atomic mass is 35.5. The molecular formula is C28H27ClFN3O3. The number of nitriles is 1. The van der Waals surface area contributed by atoms with E-state index < -0.39 is 23.1 Å². The van der Waals surface area contributed by atoms with E-state index in [1.807, 2.05) is 51.1 Å². The third-order valence-corrected chi connectivity index (χ3v) is 6.30. The van der Waals surface area contributed by atoms with Gasteiger partial charge in [0.1, 0.15) is 12.4 Å². The minimum atomic E-state index is -1.07. The van der Waals surface area contributed by atoms with Gasteiger partial charge >= 0.3 is 6.09 Å². The summed E-state index contributed by atoms with van der Waals surface area (Å²) in [5.41, 5.74) is 0.768. The van der Waals surface area contributed by atoms with E-state index in [2.05, 4.69) is 16.7 Å². The van der Waals surface area contributed by atoms with Crippen LogP contribution in [0.5, 0.6) is 5.75 Å². The molecule has 3 aromatic rings. The molecule has 0 saturated heterocycles. The van der Waals surface area contributed by atoms with Crippen LogP contribution < -0.4 is 15.4 Å². The molecule has 1 heterocycles. The summed E-state index contributed by atoms with van der Waals surface area (Å²) in [7, 11) is 1.61. The predicted octanol–water partition coefficient (Wildman–Crippen LogP) is 6.41. The van der Waals surface area contributed by atoms with Crippen LogP contribution in [0.25, 0.3) is 11.1 Å². The standard InChI is InChI=1S/C28H27ClFN3O3/c1-27(2,3)33-26(34)35-16-28(18-8-6-5-7-9-18)14-19-22(36-28)13-11-20(29)24(19)23-17(15-31)10-12-21(32-4)25(23)30/h5-13,32H,14,16H2,1-4H3,(H,33,34). The summed E-state index contributed by atoms with van der Waals surface area (Å²) in [4.78, 5) is 12.5. The number of halogens is 2. The van der Waals surface area contributed by atoms with Gasteiger partial charge in [-0.25, -0.2) is 9.18 Å². The van der Waals surface area contributed by atoms with Crippen molar-refractivity contribution in [3.8, 4) is 22.9 Å². The van der Waals surface area contributed by atoms with Gasteiger partial charge < -0.3 is 20.1 Å². The van der Waals surface area contributed by atoms with Crippen LogP contribution in [0.4, 0.5) is 14.9 Å². The second-order valence-electron chi connectivity index (χ2n) is 9.70. The molecule has 6 nitrogen and oxygen atoms in total. The largest absolute Gasteiger partial charge is 0.478 e. The van der Waals surface area contributed by atoms with Gasteiger partial charge in [0.2, 0.25) is 0 Å². The van der Waals surface area contributed by atoms with Crippen LogP contribution in [0.1, 0.15) is 37.5 Å². The lowest BCUT2D eigenvalue weighted by Crippen LogP contribution is -2.44. The van der Waals surface area contributed by atoms with E-state index in [-0.39, 0.29) is 34.9 Å². The molecule has 2 N–H and O–H groups in total. The number of benzene rings is 3. The summed E-state index contributed by atoms with van der Waals surface area (Å²) >= 11 is 6.63. The molecule has 0 radical (unpaired) electrons. The predicted molar refractivity (Wildman–Crippen MR) is 138 cm³/mol. The molecule has 4 rings (SSSR count). The highest BCUT2D eigenvalue weighted by molar-refractivity contribution is 6.33. The number of alkyl carbamates (subject to hydrolysis) is 1. The first kappa shape index (κ1) is 25.3. The zero-order chi connectivity index (χ0) is 26.1. The Balaban J connectivity index is 1.82. The Morgan fingerprint density at radius 2 is 1.89 bits per heavy atom. The molecule has 0 bridgehead atoms. The van der Waals surface area contributed by atoms with E-state index in [1.54, 1.807) is 25.2 Å². The third kappa shape index (κ3) is 4.82. The summed E-state index contributed by atoms with van der Waals surface area (Å²) in [6, 6.07) is 17.9. The first-order chi connectivity index (χ1) is 17.1. The molecule has 1 atom stereocenters. The summed E-state index contributed by atoms with van der Waals surface area (Å²) in [5.74, 6) is -0.0962. The average molecular weight is 508 g/mol. The molecule has 1 aliphatic heterocycles.